The van der Waals surface area contributed by atoms with Gasteiger partial charge in [-0.3, -0.25) is 0 Å². The van der Waals surface area contributed by atoms with Crippen LogP contribution in [-0.4, -0.2) is 15.8 Å². The molecule has 0 aliphatic carbocycles. The van der Waals surface area contributed by atoms with Crippen molar-refractivity contribution in [2.75, 3.05) is 0 Å². The average Bonchev–Trinajstić information content (AvgIpc) is 2.57. The molecule has 0 amide bonds. The molecule has 0 fully saturated rings. The van der Waals surface area contributed by atoms with E-state index in [4.69, 9.17) is 17.3 Å². The average molecular weight is 343 g/mol. The van der Waals surface area contributed by atoms with E-state index in [9.17, 15) is 0 Å². The summed E-state index contributed by atoms with van der Waals surface area (Å²) in [4.78, 5) is 0. The topological polar surface area (TPSA) is 43.8 Å². The molecule has 1 aromatic carbocycles. The van der Waals surface area contributed by atoms with Crippen molar-refractivity contribution in [1.82, 2.24) is 9.78 Å². The third-order valence-corrected chi connectivity index (χ3v) is 4.48. The summed E-state index contributed by atoms with van der Waals surface area (Å²) in [6.45, 7) is 5.97. The highest BCUT2D eigenvalue weighted by Gasteiger charge is 2.16. The van der Waals surface area contributed by atoms with Gasteiger partial charge >= 0.3 is 0 Å². The fourth-order valence-electron chi connectivity index (χ4n) is 2.15. The van der Waals surface area contributed by atoms with E-state index in [2.05, 4.69) is 27.1 Å². The molecule has 3 nitrogen and oxygen atoms in total. The number of aromatic nitrogens is 2. The summed E-state index contributed by atoms with van der Waals surface area (Å²) >= 11 is 9.91. The highest BCUT2D eigenvalue weighted by Crippen LogP contribution is 2.30. The monoisotopic (exact) mass is 341 g/mol. The number of benzene rings is 1. The van der Waals surface area contributed by atoms with Crippen molar-refractivity contribution in [2.45, 2.75) is 33.2 Å². The molecule has 0 spiro atoms. The van der Waals surface area contributed by atoms with Gasteiger partial charge < -0.3 is 5.73 Å². The van der Waals surface area contributed by atoms with Gasteiger partial charge in [0.25, 0.3) is 0 Å². The Morgan fingerprint density at radius 3 is 2.63 bits per heavy atom. The molecule has 2 aromatic rings. The minimum Gasteiger partial charge on any atom is -0.328 e. The van der Waals surface area contributed by atoms with Crippen molar-refractivity contribution in [3.8, 4) is 5.69 Å². The zero-order valence-electron chi connectivity index (χ0n) is 11.2. The molecule has 1 heterocycles. The van der Waals surface area contributed by atoms with Crippen LogP contribution in [0.25, 0.3) is 5.69 Å². The van der Waals surface area contributed by atoms with Crippen molar-refractivity contribution < 1.29 is 0 Å². The molecule has 0 bridgehead atoms. The van der Waals surface area contributed by atoms with Gasteiger partial charge in [-0.2, -0.15) is 5.10 Å². The van der Waals surface area contributed by atoms with Crippen LogP contribution in [0.4, 0.5) is 0 Å². The van der Waals surface area contributed by atoms with Crippen LogP contribution in [0.5, 0.6) is 0 Å². The zero-order chi connectivity index (χ0) is 14.2. The summed E-state index contributed by atoms with van der Waals surface area (Å²) in [7, 11) is 0. The van der Waals surface area contributed by atoms with Gasteiger partial charge in [0.1, 0.15) is 0 Å². The molecule has 0 aliphatic rings. The van der Waals surface area contributed by atoms with Gasteiger partial charge in [-0.05, 0) is 54.8 Å². The van der Waals surface area contributed by atoms with Crippen molar-refractivity contribution in [3.63, 3.8) is 0 Å². The molecule has 2 N–H and O–H groups in total. The van der Waals surface area contributed by atoms with Crippen LogP contribution in [0.1, 0.15) is 23.9 Å². The fourth-order valence-corrected chi connectivity index (χ4v) is 2.67. The molecule has 102 valence electrons. The van der Waals surface area contributed by atoms with Crippen molar-refractivity contribution in [2.24, 2.45) is 5.73 Å². The number of hydrogen-bond acceptors (Lipinski definition) is 2. The smallest absolute Gasteiger partial charge is 0.0867 e. The zero-order valence-corrected chi connectivity index (χ0v) is 13.6. The molecule has 19 heavy (non-hydrogen) atoms. The first kappa shape index (κ1) is 14.6. The molecule has 0 saturated carbocycles. The lowest BCUT2D eigenvalue weighted by atomic mass is 10.1. The van der Waals surface area contributed by atoms with Crippen LogP contribution >= 0.6 is 27.5 Å². The van der Waals surface area contributed by atoms with E-state index in [0.717, 1.165) is 33.5 Å². The minimum absolute atomic E-state index is 0.0811. The summed E-state index contributed by atoms with van der Waals surface area (Å²) in [6, 6.07) is 5.96. The van der Waals surface area contributed by atoms with E-state index in [0.29, 0.717) is 5.02 Å². The molecular weight excluding hydrogens is 326 g/mol. The van der Waals surface area contributed by atoms with Gasteiger partial charge in [0, 0.05) is 6.04 Å². The Kier molecular flexibility index (Phi) is 4.33. The first-order valence-corrected chi connectivity index (χ1v) is 7.34. The predicted molar refractivity (Wildman–Crippen MR) is 83.1 cm³/mol. The maximum absolute atomic E-state index is 6.36. The second kappa shape index (κ2) is 5.65. The maximum atomic E-state index is 6.36. The summed E-state index contributed by atoms with van der Waals surface area (Å²) in [5.74, 6) is 0. The first-order chi connectivity index (χ1) is 8.91. The van der Waals surface area contributed by atoms with E-state index in [1.165, 1.54) is 0 Å². The molecular formula is C14H17BrClN3. The van der Waals surface area contributed by atoms with E-state index >= 15 is 0 Å². The van der Waals surface area contributed by atoms with Gasteiger partial charge in [0.2, 0.25) is 0 Å². The Bertz CT molecular complexity index is 605. The number of nitrogens with zero attached hydrogens (tertiary/aromatic N) is 2. The fraction of sp³-hybridized carbons (Fsp3) is 0.357. The number of nitrogens with two attached hydrogens (primary N) is 1. The Labute approximate surface area is 126 Å². The summed E-state index contributed by atoms with van der Waals surface area (Å²) in [5, 5.41) is 5.24. The molecule has 1 aromatic heterocycles. The van der Waals surface area contributed by atoms with E-state index < -0.39 is 0 Å². The van der Waals surface area contributed by atoms with Gasteiger partial charge in [0.15, 0.2) is 0 Å². The molecule has 1 unspecified atom stereocenters. The third kappa shape index (κ3) is 2.86. The minimum atomic E-state index is 0.0811. The Balaban J connectivity index is 2.63. The Morgan fingerprint density at radius 1 is 1.42 bits per heavy atom. The van der Waals surface area contributed by atoms with Crippen LogP contribution in [0.3, 0.4) is 0 Å². The quantitative estimate of drug-likeness (QED) is 0.922. The number of aryl methyl sites for hydroxylation is 1. The van der Waals surface area contributed by atoms with E-state index in [1.54, 1.807) is 0 Å². The van der Waals surface area contributed by atoms with E-state index in [1.807, 2.05) is 37.6 Å². The Hall–Kier alpha value is -0.840. The van der Waals surface area contributed by atoms with Gasteiger partial charge in [-0.1, -0.05) is 23.7 Å². The van der Waals surface area contributed by atoms with Gasteiger partial charge in [-0.25, -0.2) is 4.68 Å². The highest BCUT2D eigenvalue weighted by atomic mass is 79.9. The van der Waals surface area contributed by atoms with Crippen LogP contribution in [-0.2, 0) is 6.42 Å². The largest absolute Gasteiger partial charge is 0.328 e. The first-order valence-electron chi connectivity index (χ1n) is 6.17. The highest BCUT2D eigenvalue weighted by molar-refractivity contribution is 9.10. The third-order valence-electron chi connectivity index (χ3n) is 3.03. The molecule has 2 rings (SSSR count). The van der Waals surface area contributed by atoms with Crippen LogP contribution in [0, 0.1) is 13.8 Å². The standard InChI is InChI=1S/C14H17BrClN3/c1-8(17)7-11-5-4-6-12(16)14(11)19-10(3)13(15)9(2)18-19/h4-6,8H,7,17H2,1-3H3. The Morgan fingerprint density at radius 2 is 2.11 bits per heavy atom. The van der Waals surface area contributed by atoms with Gasteiger partial charge in [-0.15, -0.1) is 0 Å². The van der Waals surface area contributed by atoms with Crippen LogP contribution in [0.15, 0.2) is 22.7 Å². The second-order valence-electron chi connectivity index (χ2n) is 4.83. The summed E-state index contributed by atoms with van der Waals surface area (Å²) < 4.78 is 2.90. The molecule has 1 atom stereocenters. The maximum Gasteiger partial charge on any atom is 0.0867 e. The number of halogens is 2. The normalized spacial score (nSPS) is 12.7. The predicted octanol–water partition coefficient (Wildman–Crippen LogP) is 3.79. The van der Waals surface area contributed by atoms with Crippen molar-refractivity contribution in [1.29, 1.82) is 0 Å². The van der Waals surface area contributed by atoms with Crippen molar-refractivity contribution in [3.05, 3.63) is 44.6 Å². The number of para-hydroxylation sites is 1. The lowest BCUT2D eigenvalue weighted by Crippen LogP contribution is -2.19. The SMILES string of the molecule is Cc1nn(-c2c(Cl)cccc2CC(C)N)c(C)c1Br. The van der Waals surface area contributed by atoms with E-state index in [-0.39, 0.29) is 6.04 Å². The second-order valence-corrected chi connectivity index (χ2v) is 6.03. The van der Waals surface area contributed by atoms with Crippen molar-refractivity contribution >= 4 is 27.5 Å². The summed E-state index contributed by atoms with van der Waals surface area (Å²) in [5.41, 5.74) is 9.93. The lowest BCUT2D eigenvalue weighted by Gasteiger charge is -2.14. The molecule has 0 aliphatic heterocycles. The molecule has 0 saturated heterocycles. The molecule has 0 radical (unpaired) electrons. The summed E-state index contributed by atoms with van der Waals surface area (Å²) in [6.07, 6.45) is 0.770. The number of hydrogen-bond donors (Lipinski definition) is 1. The van der Waals surface area contributed by atoms with Gasteiger partial charge in [0.05, 0.1) is 26.6 Å². The lowest BCUT2D eigenvalue weighted by molar-refractivity contribution is 0.724. The molecule has 5 heteroatoms. The number of rotatable bonds is 3. The van der Waals surface area contributed by atoms with Crippen LogP contribution in [0.2, 0.25) is 5.02 Å². The van der Waals surface area contributed by atoms with Crippen LogP contribution < -0.4 is 5.73 Å².